The molecule has 1 aromatic rings. The van der Waals surface area contributed by atoms with Gasteiger partial charge in [0.2, 0.25) is 0 Å². The fourth-order valence-electron chi connectivity index (χ4n) is 2.00. The van der Waals surface area contributed by atoms with Crippen LogP contribution >= 0.6 is 0 Å². The molecule has 0 bridgehead atoms. The Morgan fingerprint density at radius 3 is 3.29 bits per heavy atom. The quantitative estimate of drug-likeness (QED) is 0.713. The first-order chi connectivity index (χ1) is 6.92. The highest BCUT2D eigenvalue weighted by Gasteiger charge is 2.15. The maximum Gasteiger partial charge on any atom is 0.185 e. The van der Waals surface area contributed by atoms with E-state index in [0.717, 1.165) is 32.2 Å². The Morgan fingerprint density at radius 1 is 1.50 bits per heavy atom. The Labute approximate surface area is 83.3 Å². The summed E-state index contributed by atoms with van der Waals surface area (Å²) in [5.41, 5.74) is 0. The van der Waals surface area contributed by atoms with E-state index in [2.05, 4.69) is 10.3 Å². The van der Waals surface area contributed by atoms with Crippen molar-refractivity contribution in [2.45, 2.75) is 25.3 Å². The number of aromatic nitrogens is 2. The summed E-state index contributed by atoms with van der Waals surface area (Å²) in [6.07, 6.45) is 7.81. The zero-order valence-electron chi connectivity index (χ0n) is 8.15. The number of nitrogens with one attached hydrogen (secondary N) is 1. The largest absolute Gasteiger partial charge is 0.326 e. The minimum Gasteiger partial charge on any atom is -0.326 e. The number of hydrogen-bond acceptors (Lipinski definition) is 3. The Hall–Kier alpha value is -1.16. The van der Waals surface area contributed by atoms with Crippen LogP contribution in [0.15, 0.2) is 12.4 Å². The van der Waals surface area contributed by atoms with Crippen molar-refractivity contribution in [3.05, 3.63) is 18.2 Å². The van der Waals surface area contributed by atoms with Gasteiger partial charge in [-0.15, -0.1) is 0 Å². The van der Waals surface area contributed by atoms with Gasteiger partial charge in [0.1, 0.15) is 0 Å². The highest BCUT2D eigenvalue weighted by Crippen LogP contribution is 2.20. The first-order valence-electron chi connectivity index (χ1n) is 5.10. The van der Waals surface area contributed by atoms with Gasteiger partial charge in [-0.05, 0) is 32.4 Å². The van der Waals surface area contributed by atoms with E-state index >= 15 is 0 Å². The molecule has 1 aliphatic heterocycles. The van der Waals surface area contributed by atoms with Crippen molar-refractivity contribution in [1.82, 2.24) is 14.9 Å². The summed E-state index contributed by atoms with van der Waals surface area (Å²) < 4.78 is 2.00. The molecule has 0 amide bonds. The highest BCUT2D eigenvalue weighted by atomic mass is 16.1. The summed E-state index contributed by atoms with van der Waals surface area (Å²) in [6, 6.07) is 0.438. The van der Waals surface area contributed by atoms with E-state index in [-0.39, 0.29) is 0 Å². The SMILES string of the molecule is O=Cc1nccn1C1CCCNCC1. The van der Waals surface area contributed by atoms with Crippen LogP contribution in [0.5, 0.6) is 0 Å². The third-order valence-electron chi connectivity index (χ3n) is 2.74. The van der Waals surface area contributed by atoms with E-state index in [1.807, 2.05) is 10.8 Å². The Kier molecular flexibility index (Phi) is 2.93. The standard InChI is InChI=1S/C10H15N3O/c14-8-10-12-6-7-13(10)9-2-1-4-11-5-3-9/h6-9,11H,1-5H2. The molecule has 0 aromatic carbocycles. The van der Waals surface area contributed by atoms with Crippen molar-refractivity contribution >= 4 is 6.29 Å². The Bertz CT molecular complexity index is 300. The first-order valence-corrected chi connectivity index (χ1v) is 5.10. The number of aldehydes is 1. The van der Waals surface area contributed by atoms with E-state index in [9.17, 15) is 4.79 Å². The number of carbonyl (C=O) groups excluding carboxylic acids is 1. The van der Waals surface area contributed by atoms with Gasteiger partial charge in [-0.3, -0.25) is 4.79 Å². The van der Waals surface area contributed by atoms with Crippen molar-refractivity contribution in [3.8, 4) is 0 Å². The van der Waals surface area contributed by atoms with Gasteiger partial charge in [0.25, 0.3) is 0 Å². The zero-order valence-corrected chi connectivity index (χ0v) is 8.15. The average Bonchev–Trinajstić information content (AvgIpc) is 2.52. The fraction of sp³-hybridized carbons (Fsp3) is 0.600. The molecule has 1 unspecified atom stereocenters. The van der Waals surface area contributed by atoms with Crippen LogP contribution in [0.2, 0.25) is 0 Å². The summed E-state index contributed by atoms with van der Waals surface area (Å²) >= 11 is 0. The van der Waals surface area contributed by atoms with Crippen LogP contribution in [0.4, 0.5) is 0 Å². The lowest BCUT2D eigenvalue weighted by Gasteiger charge is -2.16. The zero-order chi connectivity index (χ0) is 9.80. The summed E-state index contributed by atoms with van der Waals surface area (Å²) in [4.78, 5) is 14.7. The van der Waals surface area contributed by atoms with Gasteiger partial charge < -0.3 is 9.88 Å². The molecule has 0 saturated carbocycles. The van der Waals surface area contributed by atoms with E-state index < -0.39 is 0 Å². The molecule has 1 atom stereocenters. The molecule has 4 heteroatoms. The summed E-state index contributed by atoms with van der Waals surface area (Å²) in [5, 5.41) is 3.35. The molecule has 14 heavy (non-hydrogen) atoms. The van der Waals surface area contributed by atoms with Gasteiger partial charge in [0.15, 0.2) is 12.1 Å². The Balaban J connectivity index is 2.15. The van der Waals surface area contributed by atoms with Crippen LogP contribution < -0.4 is 5.32 Å². The average molecular weight is 193 g/mol. The van der Waals surface area contributed by atoms with Gasteiger partial charge in [0.05, 0.1) is 0 Å². The molecule has 1 saturated heterocycles. The van der Waals surface area contributed by atoms with Crippen LogP contribution in [-0.4, -0.2) is 28.9 Å². The van der Waals surface area contributed by atoms with Crippen molar-refractivity contribution < 1.29 is 4.79 Å². The molecule has 0 radical (unpaired) electrons. The molecule has 76 valence electrons. The summed E-state index contributed by atoms with van der Waals surface area (Å²) in [5.74, 6) is 0.553. The number of nitrogens with zero attached hydrogens (tertiary/aromatic N) is 2. The maximum absolute atomic E-state index is 10.7. The van der Waals surface area contributed by atoms with Crippen molar-refractivity contribution in [2.75, 3.05) is 13.1 Å². The number of rotatable bonds is 2. The third kappa shape index (κ3) is 1.85. The predicted molar refractivity (Wildman–Crippen MR) is 53.4 cm³/mol. The first kappa shape index (κ1) is 9.40. The second kappa shape index (κ2) is 4.37. The summed E-state index contributed by atoms with van der Waals surface area (Å²) in [7, 11) is 0. The molecule has 4 nitrogen and oxygen atoms in total. The van der Waals surface area contributed by atoms with Gasteiger partial charge in [-0.1, -0.05) is 0 Å². The molecular weight excluding hydrogens is 178 g/mol. The minimum absolute atomic E-state index is 0.438. The van der Waals surface area contributed by atoms with E-state index in [4.69, 9.17) is 0 Å². The van der Waals surface area contributed by atoms with Gasteiger partial charge in [-0.25, -0.2) is 4.98 Å². The lowest BCUT2D eigenvalue weighted by Crippen LogP contribution is -2.16. The lowest BCUT2D eigenvalue weighted by atomic mass is 10.1. The number of hydrogen-bond donors (Lipinski definition) is 1. The smallest absolute Gasteiger partial charge is 0.185 e. The number of imidazole rings is 1. The molecule has 1 aliphatic rings. The van der Waals surface area contributed by atoms with E-state index in [0.29, 0.717) is 11.9 Å². The van der Waals surface area contributed by atoms with Crippen molar-refractivity contribution in [3.63, 3.8) is 0 Å². The molecule has 2 rings (SSSR count). The Morgan fingerprint density at radius 2 is 2.43 bits per heavy atom. The topological polar surface area (TPSA) is 46.9 Å². The van der Waals surface area contributed by atoms with Crippen LogP contribution in [0.1, 0.15) is 35.9 Å². The van der Waals surface area contributed by atoms with Crippen LogP contribution in [-0.2, 0) is 0 Å². The minimum atomic E-state index is 0.438. The van der Waals surface area contributed by atoms with Crippen LogP contribution in [0.25, 0.3) is 0 Å². The molecule has 1 aromatic heterocycles. The second-order valence-corrected chi connectivity index (χ2v) is 3.65. The van der Waals surface area contributed by atoms with Gasteiger partial charge in [-0.2, -0.15) is 0 Å². The molecule has 1 fully saturated rings. The van der Waals surface area contributed by atoms with E-state index in [1.54, 1.807) is 6.20 Å². The molecule has 2 heterocycles. The normalized spacial score (nSPS) is 23.0. The molecular formula is C10H15N3O. The molecule has 0 aliphatic carbocycles. The van der Waals surface area contributed by atoms with Crippen LogP contribution in [0, 0.1) is 0 Å². The number of carbonyl (C=O) groups is 1. The fourth-order valence-corrected chi connectivity index (χ4v) is 2.00. The third-order valence-corrected chi connectivity index (χ3v) is 2.74. The molecule has 0 spiro atoms. The predicted octanol–water partition coefficient (Wildman–Crippen LogP) is 1.01. The highest BCUT2D eigenvalue weighted by molar-refractivity contribution is 5.69. The van der Waals surface area contributed by atoms with Gasteiger partial charge in [0, 0.05) is 18.4 Å². The van der Waals surface area contributed by atoms with Crippen molar-refractivity contribution in [2.24, 2.45) is 0 Å². The monoisotopic (exact) mass is 193 g/mol. The second-order valence-electron chi connectivity index (χ2n) is 3.65. The lowest BCUT2D eigenvalue weighted by molar-refractivity contribution is 0.110. The van der Waals surface area contributed by atoms with Gasteiger partial charge >= 0.3 is 0 Å². The summed E-state index contributed by atoms with van der Waals surface area (Å²) in [6.45, 7) is 2.11. The molecule has 1 N–H and O–H groups in total. The maximum atomic E-state index is 10.7. The van der Waals surface area contributed by atoms with Crippen LogP contribution in [0.3, 0.4) is 0 Å². The van der Waals surface area contributed by atoms with E-state index in [1.165, 1.54) is 6.42 Å². The van der Waals surface area contributed by atoms with Crippen molar-refractivity contribution in [1.29, 1.82) is 0 Å².